The predicted octanol–water partition coefficient (Wildman–Crippen LogP) is 1.78. The van der Waals surface area contributed by atoms with Crippen LogP contribution in [-0.2, 0) is 0 Å². The molecule has 0 saturated heterocycles. The van der Waals surface area contributed by atoms with E-state index in [1.807, 2.05) is 6.07 Å². The molecule has 2 aromatic rings. The third-order valence-corrected chi connectivity index (χ3v) is 4.06. The molecule has 1 aliphatic carbocycles. The first-order valence-corrected chi connectivity index (χ1v) is 6.95. The van der Waals surface area contributed by atoms with Crippen molar-refractivity contribution in [1.82, 2.24) is 10.3 Å². The van der Waals surface area contributed by atoms with Crippen LogP contribution in [-0.4, -0.2) is 28.1 Å². The largest absolute Gasteiger partial charge is 0.399 e. The van der Waals surface area contributed by atoms with E-state index in [1.54, 1.807) is 18.3 Å². The first kappa shape index (κ1) is 13.0. The molecule has 0 unspecified atom stereocenters. The zero-order chi connectivity index (χ0) is 14.2. The lowest BCUT2D eigenvalue weighted by atomic mass is 10.0. The number of carbonyl (C=O) groups excluding carboxylic acids is 1. The molecular weight excluding hydrogens is 254 g/mol. The summed E-state index contributed by atoms with van der Waals surface area (Å²) < 4.78 is 0. The fraction of sp³-hybridized carbons (Fsp3) is 0.400. The van der Waals surface area contributed by atoms with Crippen LogP contribution in [0.1, 0.15) is 36.0 Å². The van der Waals surface area contributed by atoms with Crippen LogP contribution in [0.2, 0.25) is 0 Å². The van der Waals surface area contributed by atoms with Gasteiger partial charge in [0.15, 0.2) is 0 Å². The van der Waals surface area contributed by atoms with Gasteiger partial charge in [0.2, 0.25) is 0 Å². The average molecular weight is 273 g/mol. The van der Waals surface area contributed by atoms with Crippen LogP contribution >= 0.6 is 0 Å². The maximum atomic E-state index is 12.2. The highest BCUT2D eigenvalue weighted by molar-refractivity contribution is 6.07. The van der Waals surface area contributed by atoms with Crippen molar-refractivity contribution in [2.45, 2.75) is 31.3 Å². The van der Waals surface area contributed by atoms with Gasteiger partial charge in [-0.1, -0.05) is 12.8 Å². The van der Waals surface area contributed by atoms with Gasteiger partial charge >= 0.3 is 0 Å². The van der Waals surface area contributed by atoms with Crippen LogP contribution < -0.4 is 11.1 Å². The summed E-state index contributed by atoms with van der Waals surface area (Å²) in [5, 5.41) is 13.9. The number of H-pyrrole nitrogens is 1. The third-order valence-electron chi connectivity index (χ3n) is 4.06. The molecule has 1 aromatic heterocycles. The van der Waals surface area contributed by atoms with Crippen LogP contribution in [0.15, 0.2) is 24.4 Å². The maximum absolute atomic E-state index is 12.2. The van der Waals surface area contributed by atoms with Crippen LogP contribution in [0.25, 0.3) is 10.9 Å². The third kappa shape index (κ3) is 2.36. The number of nitrogen functional groups attached to an aromatic ring is 1. The predicted molar refractivity (Wildman–Crippen MR) is 78.5 cm³/mol. The van der Waals surface area contributed by atoms with Crippen LogP contribution in [0.5, 0.6) is 0 Å². The lowest BCUT2D eigenvalue weighted by Crippen LogP contribution is -2.40. The Morgan fingerprint density at radius 3 is 2.90 bits per heavy atom. The second kappa shape index (κ2) is 4.83. The summed E-state index contributed by atoms with van der Waals surface area (Å²) in [6.07, 6.45) is 5.25. The van der Waals surface area contributed by atoms with Crippen molar-refractivity contribution < 1.29 is 9.90 Å². The number of aromatic nitrogens is 1. The Labute approximate surface area is 117 Å². The number of rotatable bonds is 3. The number of benzene rings is 1. The van der Waals surface area contributed by atoms with Gasteiger partial charge < -0.3 is 21.1 Å². The zero-order valence-electron chi connectivity index (χ0n) is 11.3. The summed E-state index contributed by atoms with van der Waals surface area (Å²) in [7, 11) is 0. The number of hydrogen-bond acceptors (Lipinski definition) is 3. The molecular formula is C15H19N3O2. The van der Waals surface area contributed by atoms with E-state index in [0.29, 0.717) is 17.8 Å². The topological polar surface area (TPSA) is 91.1 Å². The molecule has 1 fully saturated rings. The number of hydrogen-bond donors (Lipinski definition) is 4. The molecule has 20 heavy (non-hydrogen) atoms. The first-order chi connectivity index (χ1) is 9.57. The minimum Gasteiger partial charge on any atom is -0.399 e. The quantitative estimate of drug-likeness (QED) is 0.642. The number of nitrogens with one attached hydrogen (secondary N) is 2. The second-order valence-electron chi connectivity index (χ2n) is 5.62. The zero-order valence-corrected chi connectivity index (χ0v) is 11.3. The Hall–Kier alpha value is -2.01. The molecule has 5 N–H and O–H groups in total. The average Bonchev–Trinajstić information content (AvgIpc) is 3.02. The second-order valence-corrected chi connectivity index (χ2v) is 5.62. The maximum Gasteiger partial charge on any atom is 0.253 e. The minimum atomic E-state index is -0.730. The van der Waals surface area contributed by atoms with Gasteiger partial charge in [-0.3, -0.25) is 4.79 Å². The van der Waals surface area contributed by atoms with Gasteiger partial charge in [0.05, 0.1) is 11.2 Å². The summed E-state index contributed by atoms with van der Waals surface area (Å²) in [6, 6.07) is 5.41. The van der Waals surface area contributed by atoms with Gasteiger partial charge in [0, 0.05) is 29.3 Å². The van der Waals surface area contributed by atoms with Crippen molar-refractivity contribution in [3.8, 4) is 0 Å². The van der Waals surface area contributed by atoms with Gasteiger partial charge in [-0.25, -0.2) is 0 Å². The normalized spacial score (nSPS) is 17.4. The van der Waals surface area contributed by atoms with Gasteiger partial charge in [0.25, 0.3) is 5.91 Å². The van der Waals surface area contributed by atoms with E-state index in [2.05, 4.69) is 10.3 Å². The Balaban J connectivity index is 1.75. The number of nitrogens with two attached hydrogens (primary N) is 1. The van der Waals surface area contributed by atoms with E-state index in [1.165, 1.54) is 0 Å². The Bertz CT molecular complexity index is 642. The Kier molecular flexibility index (Phi) is 3.14. The molecule has 3 rings (SSSR count). The van der Waals surface area contributed by atoms with E-state index in [-0.39, 0.29) is 5.91 Å². The van der Waals surface area contributed by atoms with E-state index in [4.69, 9.17) is 5.73 Å². The highest BCUT2D eigenvalue weighted by Crippen LogP contribution is 2.28. The van der Waals surface area contributed by atoms with Crippen molar-refractivity contribution in [3.05, 3.63) is 30.0 Å². The molecule has 5 heteroatoms. The fourth-order valence-electron chi connectivity index (χ4n) is 2.88. The Morgan fingerprint density at radius 2 is 2.15 bits per heavy atom. The highest BCUT2D eigenvalue weighted by atomic mass is 16.3. The van der Waals surface area contributed by atoms with E-state index < -0.39 is 5.60 Å². The number of amides is 1. The summed E-state index contributed by atoms with van der Waals surface area (Å²) >= 11 is 0. The summed E-state index contributed by atoms with van der Waals surface area (Å²) in [6.45, 7) is 0.313. The van der Waals surface area contributed by atoms with Crippen molar-refractivity contribution in [2.24, 2.45) is 0 Å². The lowest BCUT2D eigenvalue weighted by Gasteiger charge is -2.22. The van der Waals surface area contributed by atoms with Crippen molar-refractivity contribution >= 4 is 22.5 Å². The van der Waals surface area contributed by atoms with Crippen molar-refractivity contribution in [3.63, 3.8) is 0 Å². The standard InChI is InChI=1S/C15H19N3O2/c16-10-3-4-11-12(8-17-13(11)7-10)14(19)18-9-15(20)5-1-2-6-15/h3-4,7-8,17,20H,1-2,5-6,9,16H2,(H,18,19). The van der Waals surface area contributed by atoms with Gasteiger partial charge in [-0.2, -0.15) is 0 Å². The molecule has 5 nitrogen and oxygen atoms in total. The number of aromatic amines is 1. The summed E-state index contributed by atoms with van der Waals surface area (Å²) in [5.41, 5.74) is 7.07. The van der Waals surface area contributed by atoms with Crippen LogP contribution in [0.4, 0.5) is 5.69 Å². The van der Waals surface area contributed by atoms with Gasteiger partial charge in [0.1, 0.15) is 0 Å². The number of fused-ring (bicyclic) bond motifs is 1. The molecule has 1 amide bonds. The van der Waals surface area contributed by atoms with Crippen LogP contribution in [0.3, 0.4) is 0 Å². The molecule has 0 aliphatic heterocycles. The molecule has 0 spiro atoms. The summed E-state index contributed by atoms with van der Waals surface area (Å²) in [4.78, 5) is 15.3. The van der Waals surface area contributed by atoms with E-state index in [9.17, 15) is 9.90 Å². The molecule has 1 aromatic carbocycles. The number of carbonyl (C=O) groups is 1. The van der Waals surface area contributed by atoms with Gasteiger partial charge in [-0.15, -0.1) is 0 Å². The first-order valence-electron chi connectivity index (χ1n) is 6.95. The SMILES string of the molecule is Nc1ccc2c(C(=O)NCC3(O)CCCC3)c[nH]c2c1. The molecule has 0 bridgehead atoms. The number of anilines is 1. The Morgan fingerprint density at radius 1 is 1.40 bits per heavy atom. The summed E-state index contributed by atoms with van der Waals surface area (Å²) in [5.74, 6) is -0.165. The molecule has 1 saturated carbocycles. The number of aliphatic hydroxyl groups is 1. The molecule has 1 heterocycles. The highest BCUT2D eigenvalue weighted by Gasteiger charge is 2.31. The smallest absolute Gasteiger partial charge is 0.253 e. The monoisotopic (exact) mass is 273 g/mol. The minimum absolute atomic E-state index is 0.165. The van der Waals surface area contributed by atoms with Crippen molar-refractivity contribution in [1.29, 1.82) is 0 Å². The van der Waals surface area contributed by atoms with E-state index in [0.717, 1.165) is 36.6 Å². The molecule has 0 radical (unpaired) electrons. The van der Waals surface area contributed by atoms with Gasteiger partial charge in [-0.05, 0) is 31.0 Å². The fourth-order valence-corrected chi connectivity index (χ4v) is 2.88. The molecule has 0 atom stereocenters. The van der Waals surface area contributed by atoms with Crippen LogP contribution in [0, 0.1) is 0 Å². The molecule has 1 aliphatic rings. The lowest BCUT2D eigenvalue weighted by molar-refractivity contribution is 0.0450. The van der Waals surface area contributed by atoms with E-state index >= 15 is 0 Å². The molecule has 106 valence electrons. The van der Waals surface area contributed by atoms with Crippen molar-refractivity contribution in [2.75, 3.05) is 12.3 Å².